The van der Waals surface area contributed by atoms with Crippen molar-refractivity contribution in [3.63, 3.8) is 0 Å². The Morgan fingerprint density at radius 1 is 1.35 bits per heavy atom. The normalized spacial score (nSPS) is 11.1. The molecule has 0 aliphatic carbocycles. The van der Waals surface area contributed by atoms with Gasteiger partial charge in [-0.15, -0.1) is 0 Å². The summed E-state index contributed by atoms with van der Waals surface area (Å²) in [6.45, 7) is 6.08. The summed E-state index contributed by atoms with van der Waals surface area (Å²) < 4.78 is 0.618. The van der Waals surface area contributed by atoms with Crippen LogP contribution in [0.25, 0.3) is 10.8 Å². The SMILES string of the molecule is Cc1nc(-c2ncc(Cl)s2)nc(N)c1C(C)C. The first-order chi connectivity index (χ1) is 7.99. The number of halogens is 1. The van der Waals surface area contributed by atoms with Crippen LogP contribution in [-0.2, 0) is 0 Å². The Balaban J connectivity index is 2.52. The van der Waals surface area contributed by atoms with Crippen molar-refractivity contribution in [1.29, 1.82) is 0 Å². The van der Waals surface area contributed by atoms with E-state index in [-0.39, 0.29) is 0 Å². The van der Waals surface area contributed by atoms with Crippen molar-refractivity contribution in [2.24, 2.45) is 0 Å². The van der Waals surface area contributed by atoms with Crippen LogP contribution in [0.1, 0.15) is 31.0 Å². The molecule has 17 heavy (non-hydrogen) atoms. The van der Waals surface area contributed by atoms with Gasteiger partial charge in [-0.05, 0) is 12.8 Å². The lowest BCUT2D eigenvalue weighted by molar-refractivity contribution is 0.836. The molecular weight excluding hydrogens is 256 g/mol. The molecule has 0 amide bonds. The molecule has 0 bridgehead atoms. The topological polar surface area (TPSA) is 64.7 Å². The highest BCUT2D eigenvalue weighted by molar-refractivity contribution is 7.18. The molecule has 0 spiro atoms. The van der Waals surface area contributed by atoms with E-state index in [1.54, 1.807) is 6.20 Å². The van der Waals surface area contributed by atoms with Crippen LogP contribution in [0.4, 0.5) is 5.82 Å². The predicted molar refractivity (Wildman–Crippen MR) is 71.4 cm³/mol. The third-order valence-electron chi connectivity index (χ3n) is 2.41. The number of nitrogens with two attached hydrogens (primary N) is 1. The quantitative estimate of drug-likeness (QED) is 0.908. The fourth-order valence-corrected chi connectivity index (χ4v) is 2.62. The number of hydrogen-bond acceptors (Lipinski definition) is 5. The van der Waals surface area contributed by atoms with Crippen LogP contribution in [0.5, 0.6) is 0 Å². The summed E-state index contributed by atoms with van der Waals surface area (Å²) in [4.78, 5) is 12.9. The van der Waals surface area contributed by atoms with Crippen molar-refractivity contribution in [3.05, 3.63) is 21.8 Å². The van der Waals surface area contributed by atoms with Crippen LogP contribution in [0, 0.1) is 6.92 Å². The first-order valence-corrected chi connectivity index (χ1v) is 6.44. The molecule has 2 aromatic rings. The maximum absolute atomic E-state index is 5.96. The van der Waals surface area contributed by atoms with Gasteiger partial charge in [0.05, 0.1) is 6.20 Å². The number of aromatic nitrogens is 3. The van der Waals surface area contributed by atoms with Crippen molar-refractivity contribution in [2.45, 2.75) is 26.7 Å². The second-order valence-corrected chi connectivity index (χ2v) is 5.72. The van der Waals surface area contributed by atoms with Gasteiger partial charge in [0.25, 0.3) is 0 Å². The van der Waals surface area contributed by atoms with Crippen LogP contribution in [-0.4, -0.2) is 15.0 Å². The molecular formula is C11H13ClN4S. The third kappa shape index (κ3) is 2.40. The van der Waals surface area contributed by atoms with Gasteiger partial charge in [-0.25, -0.2) is 15.0 Å². The van der Waals surface area contributed by atoms with E-state index in [2.05, 4.69) is 28.8 Å². The highest BCUT2D eigenvalue weighted by Gasteiger charge is 2.15. The zero-order valence-electron chi connectivity index (χ0n) is 9.86. The number of aryl methyl sites for hydroxylation is 1. The van der Waals surface area contributed by atoms with Gasteiger partial charge in [0.2, 0.25) is 0 Å². The molecule has 0 aliphatic rings. The molecule has 6 heteroatoms. The van der Waals surface area contributed by atoms with Gasteiger partial charge in [-0.2, -0.15) is 0 Å². The lowest BCUT2D eigenvalue weighted by atomic mass is 10.0. The molecule has 0 aromatic carbocycles. The van der Waals surface area contributed by atoms with E-state index in [4.69, 9.17) is 17.3 Å². The van der Waals surface area contributed by atoms with Gasteiger partial charge < -0.3 is 5.73 Å². The summed E-state index contributed by atoms with van der Waals surface area (Å²) in [5, 5.41) is 0.695. The van der Waals surface area contributed by atoms with E-state index in [1.165, 1.54) is 11.3 Å². The minimum Gasteiger partial charge on any atom is -0.383 e. The minimum atomic E-state index is 0.309. The van der Waals surface area contributed by atoms with E-state index in [0.717, 1.165) is 11.3 Å². The molecule has 4 nitrogen and oxygen atoms in total. The Morgan fingerprint density at radius 3 is 2.53 bits per heavy atom. The molecule has 0 atom stereocenters. The number of hydrogen-bond donors (Lipinski definition) is 1. The third-order valence-corrected chi connectivity index (χ3v) is 3.52. The average molecular weight is 269 g/mol. The highest BCUT2D eigenvalue weighted by atomic mass is 35.5. The summed E-state index contributed by atoms with van der Waals surface area (Å²) in [7, 11) is 0. The van der Waals surface area contributed by atoms with Crippen molar-refractivity contribution in [2.75, 3.05) is 5.73 Å². The van der Waals surface area contributed by atoms with Crippen molar-refractivity contribution in [1.82, 2.24) is 15.0 Å². The van der Waals surface area contributed by atoms with E-state index in [9.17, 15) is 0 Å². The van der Waals surface area contributed by atoms with E-state index < -0.39 is 0 Å². The lowest BCUT2D eigenvalue weighted by Crippen LogP contribution is -2.06. The second kappa shape index (κ2) is 4.58. The maximum Gasteiger partial charge on any atom is 0.190 e. The second-order valence-electron chi connectivity index (χ2n) is 4.06. The van der Waals surface area contributed by atoms with Crippen LogP contribution in [0.3, 0.4) is 0 Å². The Kier molecular flexibility index (Phi) is 3.31. The Hall–Kier alpha value is -1.20. The zero-order valence-corrected chi connectivity index (χ0v) is 11.4. The molecule has 2 rings (SSSR count). The summed E-state index contributed by atoms with van der Waals surface area (Å²) >= 11 is 7.19. The number of thiazole rings is 1. The van der Waals surface area contributed by atoms with Crippen LogP contribution in [0.15, 0.2) is 6.20 Å². The summed E-state index contributed by atoms with van der Waals surface area (Å²) in [5.41, 5.74) is 7.85. The number of nitrogen functional groups attached to an aromatic ring is 1. The zero-order chi connectivity index (χ0) is 12.6. The van der Waals surface area contributed by atoms with Gasteiger partial charge >= 0.3 is 0 Å². The van der Waals surface area contributed by atoms with Crippen LogP contribution >= 0.6 is 22.9 Å². The van der Waals surface area contributed by atoms with Gasteiger partial charge in [0.15, 0.2) is 10.8 Å². The van der Waals surface area contributed by atoms with Crippen molar-refractivity contribution < 1.29 is 0 Å². The van der Waals surface area contributed by atoms with Crippen molar-refractivity contribution >= 4 is 28.8 Å². The number of anilines is 1. The summed E-state index contributed by atoms with van der Waals surface area (Å²) in [6, 6.07) is 0. The Labute approximate surface area is 109 Å². The fourth-order valence-electron chi connectivity index (χ4n) is 1.77. The summed E-state index contributed by atoms with van der Waals surface area (Å²) in [6.07, 6.45) is 1.59. The molecule has 2 heterocycles. The van der Waals surface area contributed by atoms with Crippen molar-refractivity contribution in [3.8, 4) is 10.8 Å². The van der Waals surface area contributed by atoms with E-state index in [1.807, 2.05) is 6.92 Å². The Bertz CT molecular complexity index is 527. The molecule has 0 saturated heterocycles. The molecule has 0 saturated carbocycles. The number of rotatable bonds is 2. The molecule has 0 aliphatic heterocycles. The minimum absolute atomic E-state index is 0.309. The molecule has 2 N–H and O–H groups in total. The summed E-state index contributed by atoms with van der Waals surface area (Å²) in [5.74, 6) is 1.37. The molecule has 0 unspecified atom stereocenters. The smallest absolute Gasteiger partial charge is 0.190 e. The maximum atomic E-state index is 5.96. The molecule has 0 fully saturated rings. The molecule has 2 aromatic heterocycles. The van der Waals surface area contributed by atoms with E-state index in [0.29, 0.717) is 26.9 Å². The monoisotopic (exact) mass is 268 g/mol. The highest BCUT2D eigenvalue weighted by Crippen LogP contribution is 2.29. The standard InChI is InChI=1S/C11H13ClN4S/c1-5(2)8-6(3)15-10(16-9(8)13)11-14-4-7(12)17-11/h4-5H,1-3H3,(H2,13,15,16). The van der Waals surface area contributed by atoms with Gasteiger partial charge in [0.1, 0.15) is 10.2 Å². The fraction of sp³-hybridized carbons (Fsp3) is 0.364. The van der Waals surface area contributed by atoms with Crippen LogP contribution < -0.4 is 5.73 Å². The Morgan fingerprint density at radius 2 is 2.06 bits per heavy atom. The molecule has 90 valence electrons. The average Bonchev–Trinajstić information content (AvgIpc) is 2.63. The van der Waals surface area contributed by atoms with Gasteiger partial charge in [0, 0.05) is 11.3 Å². The van der Waals surface area contributed by atoms with Gasteiger partial charge in [-0.3, -0.25) is 0 Å². The number of nitrogens with zero attached hydrogens (tertiary/aromatic N) is 3. The van der Waals surface area contributed by atoms with Gasteiger partial charge in [-0.1, -0.05) is 36.8 Å². The first-order valence-electron chi connectivity index (χ1n) is 5.24. The first kappa shape index (κ1) is 12.3. The largest absolute Gasteiger partial charge is 0.383 e. The van der Waals surface area contributed by atoms with E-state index >= 15 is 0 Å². The molecule has 0 radical (unpaired) electrons. The van der Waals surface area contributed by atoms with Crippen LogP contribution in [0.2, 0.25) is 4.34 Å². The lowest BCUT2D eigenvalue weighted by Gasteiger charge is -2.12. The predicted octanol–water partition coefficient (Wildman–Crippen LogP) is 3.27.